The molecule has 0 radical (unpaired) electrons. The molecule has 0 spiro atoms. The monoisotopic (exact) mass is 320 g/mol. The molecule has 0 heterocycles. The largest absolute Gasteiger partial charge is 0.336 e. The van der Waals surface area contributed by atoms with Gasteiger partial charge >= 0.3 is 0 Å². The van der Waals surface area contributed by atoms with Gasteiger partial charge in [-0.2, -0.15) is 5.26 Å². The van der Waals surface area contributed by atoms with Gasteiger partial charge in [-0.25, -0.2) is 0 Å². The Labute approximate surface area is 122 Å². The molecule has 19 heavy (non-hydrogen) atoms. The van der Waals surface area contributed by atoms with Gasteiger partial charge in [0.25, 0.3) is 5.91 Å². The first-order chi connectivity index (χ1) is 9.22. The number of carbonyl (C=O) groups excluding carboxylic acids is 1. The summed E-state index contributed by atoms with van der Waals surface area (Å²) in [5, 5.41) is 12.1. The fourth-order valence-corrected chi connectivity index (χ4v) is 3.05. The molecule has 1 aliphatic rings. The summed E-state index contributed by atoms with van der Waals surface area (Å²) in [5.41, 5.74) is 0.582. The lowest BCUT2D eigenvalue weighted by atomic mass is 9.84. The normalized spacial score (nSPS) is 17.5. The average Bonchev–Trinajstić information content (AvgIpc) is 2.46. The molecule has 0 saturated heterocycles. The van der Waals surface area contributed by atoms with Crippen molar-refractivity contribution in [2.24, 2.45) is 5.92 Å². The Bertz CT molecular complexity index is 489. The number of amides is 1. The van der Waals surface area contributed by atoms with E-state index >= 15 is 0 Å². The topological polar surface area (TPSA) is 52.9 Å². The quantitative estimate of drug-likeness (QED) is 0.924. The molecule has 0 bridgehead atoms. The van der Waals surface area contributed by atoms with Crippen molar-refractivity contribution in [1.82, 2.24) is 5.32 Å². The van der Waals surface area contributed by atoms with Crippen molar-refractivity contribution >= 4 is 21.8 Å². The van der Waals surface area contributed by atoms with Crippen molar-refractivity contribution < 1.29 is 4.79 Å². The van der Waals surface area contributed by atoms with Crippen molar-refractivity contribution in [1.29, 1.82) is 5.26 Å². The van der Waals surface area contributed by atoms with Crippen molar-refractivity contribution in [3.63, 3.8) is 0 Å². The molecule has 1 amide bonds. The van der Waals surface area contributed by atoms with Gasteiger partial charge in [-0.3, -0.25) is 4.79 Å². The standard InChI is InChI=1S/C15H17BrN2O/c16-13-9-5-4-8-12(13)15(19)18-14(10-17)11-6-2-1-3-7-11/h4-5,8-9,11,14H,1-3,6-7H2,(H,18,19). The highest BCUT2D eigenvalue weighted by Crippen LogP contribution is 2.26. The van der Waals surface area contributed by atoms with Crippen molar-refractivity contribution in [2.45, 2.75) is 38.1 Å². The number of hydrogen-bond donors (Lipinski definition) is 1. The molecular formula is C15H17BrN2O. The number of nitrogens with zero attached hydrogens (tertiary/aromatic N) is 1. The number of hydrogen-bond acceptors (Lipinski definition) is 2. The van der Waals surface area contributed by atoms with Crippen LogP contribution in [0.4, 0.5) is 0 Å². The minimum absolute atomic E-state index is 0.176. The van der Waals surface area contributed by atoms with Crippen molar-refractivity contribution in [3.05, 3.63) is 34.3 Å². The molecule has 100 valence electrons. The van der Waals surface area contributed by atoms with E-state index in [2.05, 4.69) is 27.3 Å². The highest BCUT2D eigenvalue weighted by atomic mass is 79.9. The van der Waals surface area contributed by atoms with E-state index in [4.69, 9.17) is 0 Å². The van der Waals surface area contributed by atoms with Crippen molar-refractivity contribution in [2.75, 3.05) is 0 Å². The van der Waals surface area contributed by atoms with Gasteiger partial charge in [0.05, 0.1) is 11.6 Å². The van der Waals surface area contributed by atoms with Gasteiger partial charge in [0.15, 0.2) is 0 Å². The zero-order valence-electron chi connectivity index (χ0n) is 10.7. The van der Waals surface area contributed by atoms with E-state index in [0.29, 0.717) is 11.5 Å². The second kappa shape index (κ2) is 6.72. The van der Waals surface area contributed by atoms with Crippen LogP contribution < -0.4 is 5.32 Å². The first kappa shape index (κ1) is 14.1. The fraction of sp³-hybridized carbons (Fsp3) is 0.467. The lowest BCUT2D eigenvalue weighted by Crippen LogP contribution is -2.40. The minimum Gasteiger partial charge on any atom is -0.336 e. The molecular weight excluding hydrogens is 304 g/mol. The summed E-state index contributed by atoms with van der Waals surface area (Å²) in [7, 11) is 0. The molecule has 1 atom stereocenters. The maximum atomic E-state index is 12.2. The highest BCUT2D eigenvalue weighted by molar-refractivity contribution is 9.10. The van der Waals surface area contributed by atoms with Crippen LogP contribution in [0.1, 0.15) is 42.5 Å². The van der Waals surface area contributed by atoms with Gasteiger partial charge in [0, 0.05) is 4.47 Å². The Morgan fingerprint density at radius 2 is 2.00 bits per heavy atom. The molecule has 1 fully saturated rings. The third kappa shape index (κ3) is 3.57. The minimum atomic E-state index is -0.375. The third-order valence-corrected chi connectivity index (χ3v) is 4.36. The molecule has 3 nitrogen and oxygen atoms in total. The molecule has 0 aromatic heterocycles. The van der Waals surface area contributed by atoms with Crippen LogP contribution in [-0.4, -0.2) is 11.9 Å². The summed E-state index contributed by atoms with van der Waals surface area (Å²) >= 11 is 3.36. The Hall–Kier alpha value is -1.34. The smallest absolute Gasteiger partial charge is 0.253 e. The predicted octanol–water partition coefficient (Wildman–Crippen LogP) is 3.65. The van der Waals surface area contributed by atoms with Crippen LogP contribution in [0, 0.1) is 17.2 Å². The molecule has 1 aromatic rings. The predicted molar refractivity (Wildman–Crippen MR) is 77.6 cm³/mol. The summed E-state index contributed by atoms with van der Waals surface area (Å²) in [4.78, 5) is 12.2. The van der Waals surface area contributed by atoms with E-state index in [1.807, 2.05) is 18.2 Å². The van der Waals surface area contributed by atoms with E-state index < -0.39 is 0 Å². The van der Waals surface area contributed by atoms with Gasteiger partial charge < -0.3 is 5.32 Å². The molecule has 1 unspecified atom stereocenters. The van der Waals surface area contributed by atoms with Gasteiger partial charge in [-0.15, -0.1) is 0 Å². The van der Waals surface area contributed by atoms with E-state index in [9.17, 15) is 10.1 Å². The fourth-order valence-electron chi connectivity index (χ4n) is 2.59. The van der Waals surface area contributed by atoms with E-state index in [1.54, 1.807) is 6.07 Å². The lowest BCUT2D eigenvalue weighted by molar-refractivity contribution is 0.0928. The third-order valence-electron chi connectivity index (χ3n) is 3.67. The maximum absolute atomic E-state index is 12.2. The zero-order chi connectivity index (χ0) is 13.7. The Kier molecular flexibility index (Phi) is 4.98. The van der Waals surface area contributed by atoms with Crippen LogP contribution in [0.2, 0.25) is 0 Å². The first-order valence-electron chi connectivity index (χ1n) is 6.67. The first-order valence-corrected chi connectivity index (χ1v) is 7.46. The van der Waals surface area contributed by atoms with E-state index in [1.165, 1.54) is 6.42 Å². The Morgan fingerprint density at radius 3 is 2.63 bits per heavy atom. The summed E-state index contributed by atoms with van der Waals surface area (Å²) in [6.07, 6.45) is 5.64. The van der Waals surface area contributed by atoms with Crippen LogP contribution in [0.3, 0.4) is 0 Å². The number of halogens is 1. The van der Waals surface area contributed by atoms with Crippen LogP contribution >= 0.6 is 15.9 Å². The summed E-state index contributed by atoms with van der Waals surface area (Å²) in [6.45, 7) is 0. The molecule has 4 heteroatoms. The van der Waals surface area contributed by atoms with Gasteiger partial charge in [-0.1, -0.05) is 31.4 Å². The second-order valence-corrected chi connectivity index (χ2v) is 5.81. The maximum Gasteiger partial charge on any atom is 0.253 e. The second-order valence-electron chi connectivity index (χ2n) is 4.96. The van der Waals surface area contributed by atoms with Crippen LogP contribution in [-0.2, 0) is 0 Å². The zero-order valence-corrected chi connectivity index (χ0v) is 12.3. The summed E-state index contributed by atoms with van der Waals surface area (Å²) in [5.74, 6) is 0.120. The molecule has 2 rings (SSSR count). The number of benzene rings is 1. The summed E-state index contributed by atoms with van der Waals surface area (Å²) < 4.78 is 0.757. The summed E-state index contributed by atoms with van der Waals surface area (Å²) in [6, 6.07) is 9.14. The van der Waals surface area contributed by atoms with E-state index in [0.717, 1.165) is 30.2 Å². The Morgan fingerprint density at radius 1 is 1.32 bits per heavy atom. The van der Waals surface area contributed by atoms with Crippen molar-refractivity contribution in [3.8, 4) is 6.07 Å². The van der Waals surface area contributed by atoms with Gasteiger partial charge in [-0.05, 0) is 46.8 Å². The average molecular weight is 321 g/mol. The molecule has 1 saturated carbocycles. The van der Waals surface area contributed by atoms with Crippen LogP contribution in [0.15, 0.2) is 28.7 Å². The molecule has 1 N–H and O–H groups in total. The molecule has 1 aromatic carbocycles. The van der Waals surface area contributed by atoms with E-state index in [-0.39, 0.29) is 11.9 Å². The lowest BCUT2D eigenvalue weighted by Gasteiger charge is -2.26. The number of carbonyl (C=O) groups is 1. The highest BCUT2D eigenvalue weighted by Gasteiger charge is 2.25. The Balaban J connectivity index is 2.04. The SMILES string of the molecule is N#CC(NC(=O)c1ccccc1Br)C1CCCCC1. The van der Waals surface area contributed by atoms with Gasteiger partial charge in [0.1, 0.15) is 6.04 Å². The molecule has 0 aliphatic heterocycles. The molecule has 1 aliphatic carbocycles. The van der Waals surface area contributed by atoms with Gasteiger partial charge in [0.2, 0.25) is 0 Å². The number of rotatable bonds is 3. The van der Waals surface area contributed by atoms with Crippen LogP contribution in [0.25, 0.3) is 0 Å². The number of nitrogens with one attached hydrogen (secondary N) is 1. The van der Waals surface area contributed by atoms with Crippen LogP contribution in [0.5, 0.6) is 0 Å². The number of nitriles is 1.